The lowest BCUT2D eigenvalue weighted by Crippen LogP contribution is -1.98. The number of hydrogen-bond acceptors (Lipinski definition) is 4. The molecule has 4 heteroatoms. The molecule has 0 spiro atoms. The Labute approximate surface area is 187 Å². The molecule has 0 amide bonds. The number of hydrogen-bond donors (Lipinski definition) is 0. The van der Waals surface area contributed by atoms with Crippen LogP contribution in [0.2, 0.25) is 0 Å². The highest BCUT2D eigenvalue weighted by Gasteiger charge is 2.13. The summed E-state index contributed by atoms with van der Waals surface area (Å²) in [5.41, 5.74) is 7.76. The van der Waals surface area contributed by atoms with Gasteiger partial charge in [0.25, 0.3) is 0 Å². The standard InChI is InChI=1S/C28H22N4/c1-19-13-15-21(17-29-23-9-5-3-6-10-23)27-25(19)26-20(2)14-16-22(28(26)32-31-27)18-30-24-11-7-4-8-12-24/h3-18H,1-2H3/b29-17+,30-18+. The first-order valence-electron chi connectivity index (χ1n) is 10.6. The number of benzene rings is 4. The lowest BCUT2D eigenvalue weighted by molar-refractivity contribution is 1.12. The fourth-order valence-electron chi connectivity index (χ4n) is 3.89. The van der Waals surface area contributed by atoms with Gasteiger partial charge in [0.05, 0.1) is 11.4 Å². The summed E-state index contributed by atoms with van der Waals surface area (Å²) in [5.74, 6) is 0. The molecule has 0 saturated heterocycles. The Morgan fingerprint density at radius 2 is 0.938 bits per heavy atom. The smallest absolute Gasteiger partial charge is 0.103 e. The number of fused-ring (bicyclic) bond motifs is 3. The Morgan fingerprint density at radius 1 is 0.531 bits per heavy atom. The Kier molecular flexibility index (Phi) is 5.26. The minimum absolute atomic E-state index is 0.859. The van der Waals surface area contributed by atoms with Gasteiger partial charge in [-0.1, -0.05) is 60.7 Å². The van der Waals surface area contributed by atoms with Crippen LogP contribution in [0, 0.1) is 13.8 Å². The molecule has 0 N–H and O–H groups in total. The van der Waals surface area contributed by atoms with Crippen molar-refractivity contribution in [3.63, 3.8) is 0 Å². The van der Waals surface area contributed by atoms with Gasteiger partial charge in [0.15, 0.2) is 0 Å². The second kappa shape index (κ2) is 8.52. The van der Waals surface area contributed by atoms with Gasteiger partial charge >= 0.3 is 0 Å². The molecule has 4 nitrogen and oxygen atoms in total. The number of rotatable bonds is 4. The van der Waals surface area contributed by atoms with Crippen molar-refractivity contribution >= 4 is 45.6 Å². The Hall–Kier alpha value is -4.18. The zero-order valence-corrected chi connectivity index (χ0v) is 18.0. The van der Waals surface area contributed by atoms with Crippen LogP contribution in [0.5, 0.6) is 0 Å². The molecule has 32 heavy (non-hydrogen) atoms. The van der Waals surface area contributed by atoms with E-state index in [-0.39, 0.29) is 0 Å². The lowest BCUT2D eigenvalue weighted by atomic mass is 9.97. The molecule has 0 saturated carbocycles. The monoisotopic (exact) mass is 414 g/mol. The number of aliphatic imine (C=N–C) groups is 2. The first kappa shape index (κ1) is 19.8. The van der Waals surface area contributed by atoms with Crippen molar-refractivity contribution in [2.24, 2.45) is 9.98 Å². The van der Waals surface area contributed by atoms with E-state index in [9.17, 15) is 0 Å². The molecular weight excluding hydrogens is 392 g/mol. The van der Waals surface area contributed by atoms with E-state index in [1.54, 1.807) is 0 Å². The highest BCUT2D eigenvalue weighted by molar-refractivity contribution is 6.15. The fraction of sp³-hybridized carbons (Fsp3) is 0.0714. The average molecular weight is 415 g/mol. The van der Waals surface area contributed by atoms with Crippen molar-refractivity contribution in [3.8, 4) is 0 Å². The van der Waals surface area contributed by atoms with Gasteiger partial charge in [0, 0.05) is 34.3 Å². The SMILES string of the molecule is Cc1ccc(/C=N/c2ccccc2)c2nnc3c(/C=N/c4ccccc4)ccc(C)c3c12. The van der Waals surface area contributed by atoms with Crippen molar-refractivity contribution in [1.29, 1.82) is 0 Å². The Bertz CT molecular complexity index is 1360. The van der Waals surface area contributed by atoms with Gasteiger partial charge in [0.1, 0.15) is 11.0 Å². The summed E-state index contributed by atoms with van der Waals surface area (Å²) in [6.45, 7) is 4.23. The molecule has 5 rings (SSSR count). The number of nitrogens with zero attached hydrogens (tertiary/aromatic N) is 4. The van der Waals surface area contributed by atoms with Gasteiger partial charge in [-0.3, -0.25) is 9.98 Å². The van der Waals surface area contributed by atoms with E-state index in [0.717, 1.165) is 55.4 Å². The minimum atomic E-state index is 0.859. The molecule has 154 valence electrons. The van der Waals surface area contributed by atoms with Crippen LogP contribution in [0.3, 0.4) is 0 Å². The van der Waals surface area contributed by atoms with E-state index in [1.807, 2.05) is 73.1 Å². The molecule has 0 bridgehead atoms. The van der Waals surface area contributed by atoms with Crippen LogP contribution in [0.4, 0.5) is 11.4 Å². The van der Waals surface area contributed by atoms with Crippen molar-refractivity contribution in [2.75, 3.05) is 0 Å². The van der Waals surface area contributed by atoms with E-state index in [4.69, 9.17) is 0 Å². The molecule has 0 fully saturated rings. The van der Waals surface area contributed by atoms with E-state index in [2.05, 4.69) is 58.3 Å². The maximum Gasteiger partial charge on any atom is 0.103 e. The third kappa shape index (κ3) is 3.79. The summed E-state index contributed by atoms with van der Waals surface area (Å²) < 4.78 is 0. The van der Waals surface area contributed by atoms with Crippen molar-refractivity contribution in [3.05, 3.63) is 107 Å². The highest BCUT2D eigenvalue weighted by atomic mass is 15.1. The maximum atomic E-state index is 4.64. The van der Waals surface area contributed by atoms with Gasteiger partial charge < -0.3 is 0 Å². The Balaban J connectivity index is 1.67. The normalized spacial score (nSPS) is 11.8. The predicted molar refractivity (Wildman–Crippen MR) is 134 cm³/mol. The first-order chi connectivity index (χ1) is 15.7. The third-order valence-corrected chi connectivity index (χ3v) is 5.55. The summed E-state index contributed by atoms with van der Waals surface area (Å²) in [6, 6.07) is 28.2. The fourth-order valence-corrected chi connectivity index (χ4v) is 3.89. The molecule has 0 atom stereocenters. The summed E-state index contributed by atoms with van der Waals surface area (Å²) in [4.78, 5) is 9.25. The number of aryl methyl sites for hydroxylation is 2. The first-order valence-corrected chi connectivity index (χ1v) is 10.6. The zero-order valence-electron chi connectivity index (χ0n) is 18.0. The highest BCUT2D eigenvalue weighted by Crippen LogP contribution is 2.31. The van der Waals surface area contributed by atoms with E-state index < -0.39 is 0 Å². The summed E-state index contributed by atoms with van der Waals surface area (Å²) in [6.07, 6.45) is 3.74. The second-order valence-corrected chi connectivity index (χ2v) is 7.78. The van der Waals surface area contributed by atoms with Crippen molar-refractivity contribution in [1.82, 2.24) is 10.2 Å². The van der Waals surface area contributed by atoms with Gasteiger partial charge in [-0.15, -0.1) is 10.2 Å². The largest absolute Gasteiger partial charge is 0.256 e. The molecule has 5 aromatic rings. The molecule has 0 aliphatic carbocycles. The molecule has 0 unspecified atom stereocenters. The molecule has 1 aromatic heterocycles. The molecule has 0 radical (unpaired) electrons. The molecule has 0 aliphatic heterocycles. The molecular formula is C28H22N4. The van der Waals surface area contributed by atoms with Crippen LogP contribution < -0.4 is 0 Å². The van der Waals surface area contributed by atoms with Crippen molar-refractivity contribution in [2.45, 2.75) is 13.8 Å². The minimum Gasteiger partial charge on any atom is -0.256 e. The van der Waals surface area contributed by atoms with Crippen LogP contribution in [-0.4, -0.2) is 22.6 Å². The number of aromatic nitrogens is 2. The van der Waals surface area contributed by atoms with Crippen molar-refractivity contribution < 1.29 is 0 Å². The van der Waals surface area contributed by atoms with E-state index in [0.29, 0.717) is 0 Å². The van der Waals surface area contributed by atoms with Crippen LogP contribution in [-0.2, 0) is 0 Å². The number of para-hydroxylation sites is 2. The molecule has 1 heterocycles. The average Bonchev–Trinajstić information content (AvgIpc) is 2.84. The second-order valence-electron chi connectivity index (χ2n) is 7.78. The summed E-state index contributed by atoms with van der Waals surface area (Å²) in [7, 11) is 0. The molecule has 4 aromatic carbocycles. The van der Waals surface area contributed by atoms with Crippen LogP contribution in [0.15, 0.2) is 94.9 Å². The summed E-state index contributed by atoms with van der Waals surface area (Å²) >= 11 is 0. The lowest BCUT2D eigenvalue weighted by Gasteiger charge is -2.11. The van der Waals surface area contributed by atoms with Gasteiger partial charge in [-0.05, 0) is 49.2 Å². The van der Waals surface area contributed by atoms with Gasteiger partial charge in [-0.2, -0.15) is 0 Å². The van der Waals surface area contributed by atoms with Crippen LogP contribution >= 0.6 is 0 Å². The molecule has 0 aliphatic rings. The van der Waals surface area contributed by atoms with E-state index in [1.165, 1.54) is 0 Å². The maximum absolute atomic E-state index is 4.64. The van der Waals surface area contributed by atoms with Crippen LogP contribution in [0.1, 0.15) is 22.3 Å². The quantitative estimate of drug-likeness (QED) is 0.237. The third-order valence-electron chi connectivity index (χ3n) is 5.55. The van der Waals surface area contributed by atoms with Gasteiger partial charge in [0.2, 0.25) is 0 Å². The summed E-state index contributed by atoms with van der Waals surface area (Å²) in [5, 5.41) is 11.5. The van der Waals surface area contributed by atoms with E-state index >= 15 is 0 Å². The Morgan fingerprint density at radius 3 is 1.34 bits per heavy atom. The van der Waals surface area contributed by atoms with Crippen LogP contribution in [0.25, 0.3) is 21.8 Å². The zero-order chi connectivity index (χ0) is 21.9. The van der Waals surface area contributed by atoms with Gasteiger partial charge in [-0.25, -0.2) is 0 Å². The topological polar surface area (TPSA) is 50.5 Å². The predicted octanol–water partition coefficient (Wildman–Crippen LogP) is 6.90.